The summed E-state index contributed by atoms with van der Waals surface area (Å²) >= 11 is 6.07. The fraction of sp³-hybridized carbons (Fsp3) is 0.0714. The minimum atomic E-state index is -0.365. The first kappa shape index (κ1) is 14.9. The third-order valence-electron chi connectivity index (χ3n) is 2.87. The number of aromatic nitrogens is 5. The Balaban J connectivity index is 1.60. The van der Waals surface area contributed by atoms with Crippen LogP contribution in [0.5, 0.6) is 0 Å². The van der Waals surface area contributed by atoms with Gasteiger partial charge in [0.1, 0.15) is 6.54 Å². The van der Waals surface area contributed by atoms with Gasteiger partial charge in [-0.3, -0.25) is 4.79 Å². The highest BCUT2D eigenvalue weighted by atomic mass is 35.5. The van der Waals surface area contributed by atoms with Gasteiger partial charge in [-0.1, -0.05) is 23.7 Å². The second-order valence-corrected chi connectivity index (χ2v) is 4.95. The van der Waals surface area contributed by atoms with Gasteiger partial charge in [-0.25, -0.2) is 5.43 Å². The van der Waals surface area contributed by atoms with E-state index in [1.165, 1.54) is 11.0 Å². The second kappa shape index (κ2) is 6.84. The van der Waals surface area contributed by atoms with Crippen LogP contribution < -0.4 is 5.43 Å². The Kier molecular flexibility index (Phi) is 4.44. The van der Waals surface area contributed by atoms with E-state index in [-0.39, 0.29) is 12.5 Å². The van der Waals surface area contributed by atoms with Crippen molar-refractivity contribution in [3.63, 3.8) is 0 Å². The molecule has 8 nitrogen and oxygen atoms in total. The Morgan fingerprint density at radius 3 is 3.00 bits per heavy atom. The van der Waals surface area contributed by atoms with Crippen molar-refractivity contribution in [2.24, 2.45) is 5.10 Å². The van der Waals surface area contributed by atoms with Gasteiger partial charge in [0.25, 0.3) is 5.91 Å². The van der Waals surface area contributed by atoms with E-state index in [0.29, 0.717) is 16.4 Å². The predicted molar refractivity (Wildman–Crippen MR) is 84.8 cm³/mol. The smallest absolute Gasteiger partial charge is 0.263 e. The van der Waals surface area contributed by atoms with Crippen molar-refractivity contribution in [2.45, 2.75) is 6.54 Å². The molecule has 0 radical (unpaired) electrons. The summed E-state index contributed by atoms with van der Waals surface area (Å²) in [5, 5.41) is 16.2. The first-order valence-corrected chi connectivity index (χ1v) is 7.08. The van der Waals surface area contributed by atoms with E-state index >= 15 is 0 Å². The lowest BCUT2D eigenvalue weighted by molar-refractivity contribution is -0.122. The summed E-state index contributed by atoms with van der Waals surface area (Å²) in [6.45, 7) is -0.0977. The third kappa shape index (κ3) is 3.80. The van der Waals surface area contributed by atoms with E-state index < -0.39 is 0 Å². The lowest BCUT2D eigenvalue weighted by Crippen LogP contribution is -2.24. The monoisotopic (exact) mass is 329 g/mol. The van der Waals surface area contributed by atoms with Crippen LogP contribution in [0.2, 0.25) is 5.02 Å². The number of nitrogens with zero attached hydrogens (tertiary/aromatic N) is 5. The first-order chi connectivity index (χ1) is 11.2. The van der Waals surface area contributed by atoms with Gasteiger partial charge in [0.05, 0.1) is 16.9 Å². The number of carbonyl (C=O) groups is 1. The number of aromatic amines is 1. The maximum absolute atomic E-state index is 11.8. The lowest BCUT2D eigenvalue weighted by atomic mass is 10.2. The summed E-state index contributed by atoms with van der Waals surface area (Å²) in [7, 11) is 0. The van der Waals surface area contributed by atoms with E-state index in [1.807, 2.05) is 24.3 Å². The maximum atomic E-state index is 11.8. The van der Waals surface area contributed by atoms with E-state index in [9.17, 15) is 4.79 Å². The highest BCUT2D eigenvalue weighted by Crippen LogP contribution is 2.23. The molecule has 0 aliphatic carbocycles. The third-order valence-corrected chi connectivity index (χ3v) is 3.20. The highest BCUT2D eigenvalue weighted by Gasteiger charge is 2.11. The molecule has 0 aliphatic heterocycles. The maximum Gasteiger partial charge on any atom is 0.263 e. The minimum absolute atomic E-state index is 0.0977. The van der Waals surface area contributed by atoms with Gasteiger partial charge < -0.3 is 4.98 Å². The van der Waals surface area contributed by atoms with Crippen molar-refractivity contribution in [2.75, 3.05) is 0 Å². The number of hydrogen-bond acceptors (Lipinski definition) is 5. The second-order valence-electron chi connectivity index (χ2n) is 4.54. The summed E-state index contributed by atoms with van der Waals surface area (Å²) in [4.78, 5) is 15.9. The molecule has 116 valence electrons. The number of H-pyrrole nitrogens is 1. The number of nitrogens with one attached hydrogen (secondary N) is 2. The Morgan fingerprint density at radius 1 is 1.35 bits per heavy atom. The Morgan fingerprint density at radius 2 is 2.22 bits per heavy atom. The van der Waals surface area contributed by atoms with Crippen LogP contribution in [0, 0.1) is 0 Å². The summed E-state index contributed by atoms with van der Waals surface area (Å²) < 4.78 is 0. The molecule has 1 aromatic carbocycles. The van der Waals surface area contributed by atoms with Gasteiger partial charge in [0, 0.05) is 11.8 Å². The summed E-state index contributed by atoms with van der Waals surface area (Å²) in [6.07, 6.45) is 3.26. The van der Waals surface area contributed by atoms with Crippen molar-refractivity contribution >= 4 is 23.7 Å². The fourth-order valence-electron chi connectivity index (χ4n) is 1.82. The van der Waals surface area contributed by atoms with Crippen LogP contribution >= 0.6 is 11.6 Å². The molecular weight excluding hydrogens is 318 g/mol. The standard InChI is InChI=1S/C14H12ClN7O/c15-12-6-2-1-5-11(12)14-19-21-22(20-14)9-13(23)18-17-8-10-4-3-7-16-10/h1-8,16H,9H2,(H,18,23). The number of hydrazone groups is 1. The number of benzene rings is 1. The molecular formula is C14H12ClN7O. The van der Waals surface area contributed by atoms with Gasteiger partial charge >= 0.3 is 0 Å². The number of halogens is 1. The SMILES string of the molecule is O=C(Cn1nnc(-c2ccccc2Cl)n1)NN=Cc1ccc[nH]1. The van der Waals surface area contributed by atoms with Gasteiger partial charge in [0.2, 0.25) is 5.82 Å². The number of rotatable bonds is 5. The predicted octanol–water partition coefficient (Wildman–Crippen LogP) is 1.47. The minimum Gasteiger partial charge on any atom is -0.360 e. The van der Waals surface area contributed by atoms with E-state index in [0.717, 1.165) is 5.69 Å². The number of carbonyl (C=O) groups excluding carboxylic acids is 1. The van der Waals surface area contributed by atoms with Crippen LogP contribution in [0.1, 0.15) is 5.69 Å². The van der Waals surface area contributed by atoms with Crippen LogP contribution in [0.4, 0.5) is 0 Å². The average Bonchev–Trinajstić information content (AvgIpc) is 3.20. The van der Waals surface area contributed by atoms with Gasteiger partial charge in [0.15, 0.2) is 0 Å². The highest BCUT2D eigenvalue weighted by molar-refractivity contribution is 6.33. The summed E-state index contributed by atoms with van der Waals surface area (Å²) in [5.41, 5.74) is 3.83. The molecule has 2 aromatic heterocycles. The first-order valence-electron chi connectivity index (χ1n) is 6.70. The zero-order valence-corrected chi connectivity index (χ0v) is 12.6. The van der Waals surface area contributed by atoms with Crippen molar-refractivity contribution < 1.29 is 4.79 Å². The van der Waals surface area contributed by atoms with Crippen LogP contribution in [0.15, 0.2) is 47.7 Å². The molecule has 0 aliphatic rings. The molecule has 3 rings (SSSR count). The molecule has 0 spiro atoms. The molecule has 2 heterocycles. The van der Waals surface area contributed by atoms with Gasteiger partial charge in [-0.2, -0.15) is 9.90 Å². The lowest BCUT2D eigenvalue weighted by Gasteiger charge is -1.98. The molecule has 3 aromatic rings. The molecule has 0 unspecified atom stereocenters. The zero-order chi connectivity index (χ0) is 16.1. The van der Waals surface area contributed by atoms with E-state index in [1.54, 1.807) is 18.3 Å². The molecule has 0 saturated carbocycles. The molecule has 0 fully saturated rings. The average molecular weight is 330 g/mol. The molecule has 1 amide bonds. The van der Waals surface area contributed by atoms with Crippen molar-refractivity contribution in [3.8, 4) is 11.4 Å². The van der Waals surface area contributed by atoms with Gasteiger partial charge in [-0.05, 0) is 29.5 Å². The number of amides is 1. The van der Waals surface area contributed by atoms with Crippen LogP contribution in [0.3, 0.4) is 0 Å². The molecule has 2 N–H and O–H groups in total. The van der Waals surface area contributed by atoms with E-state index in [2.05, 4.69) is 30.9 Å². The Bertz CT molecular complexity index is 825. The van der Waals surface area contributed by atoms with E-state index in [4.69, 9.17) is 11.6 Å². The quantitative estimate of drug-likeness (QED) is 0.546. The van der Waals surface area contributed by atoms with Crippen molar-refractivity contribution in [1.82, 2.24) is 30.6 Å². The molecule has 23 heavy (non-hydrogen) atoms. The normalized spacial score (nSPS) is 11.0. The molecule has 0 bridgehead atoms. The molecule has 0 atom stereocenters. The van der Waals surface area contributed by atoms with Crippen molar-refractivity contribution in [3.05, 3.63) is 53.3 Å². The van der Waals surface area contributed by atoms with Crippen LogP contribution in [-0.4, -0.2) is 37.3 Å². The summed E-state index contributed by atoms with van der Waals surface area (Å²) in [5.74, 6) is -0.00537. The zero-order valence-electron chi connectivity index (χ0n) is 11.8. The van der Waals surface area contributed by atoms with Gasteiger partial charge in [-0.15, -0.1) is 10.2 Å². The fourth-order valence-corrected chi connectivity index (χ4v) is 2.04. The number of tetrazole rings is 1. The molecule has 9 heteroatoms. The van der Waals surface area contributed by atoms with Crippen LogP contribution in [0.25, 0.3) is 11.4 Å². The van der Waals surface area contributed by atoms with Crippen LogP contribution in [-0.2, 0) is 11.3 Å². The Labute approximate surface area is 136 Å². The Hall–Kier alpha value is -3.00. The number of hydrogen-bond donors (Lipinski definition) is 2. The molecule has 0 saturated heterocycles. The summed E-state index contributed by atoms with van der Waals surface area (Å²) in [6, 6.07) is 10.8. The van der Waals surface area contributed by atoms with Crippen molar-refractivity contribution in [1.29, 1.82) is 0 Å². The topological polar surface area (TPSA) is 101 Å². The largest absolute Gasteiger partial charge is 0.360 e.